The minimum absolute atomic E-state index is 0.0251. The molecule has 0 aliphatic carbocycles. The second kappa shape index (κ2) is 7.50. The van der Waals surface area contributed by atoms with Crippen LogP contribution < -0.4 is 15.4 Å². The van der Waals surface area contributed by atoms with Gasteiger partial charge in [-0.3, -0.25) is 4.79 Å². The summed E-state index contributed by atoms with van der Waals surface area (Å²) in [5.41, 5.74) is 0.556. The van der Waals surface area contributed by atoms with E-state index in [1.54, 1.807) is 6.07 Å². The Morgan fingerprint density at radius 3 is 2.63 bits per heavy atom. The molecular weight excluding hydrogens is 308 g/mol. The molecule has 0 aromatic heterocycles. The van der Waals surface area contributed by atoms with Gasteiger partial charge in [0.05, 0.1) is 11.7 Å². The Kier molecular flexibility index (Phi) is 6.31. The van der Waals surface area contributed by atoms with Gasteiger partial charge < -0.3 is 15.4 Å². The zero-order valence-corrected chi connectivity index (χ0v) is 13.4. The molecule has 1 atom stereocenters. The van der Waals surface area contributed by atoms with Crippen LogP contribution in [0.2, 0.25) is 0 Å². The van der Waals surface area contributed by atoms with Gasteiger partial charge in [-0.25, -0.2) is 0 Å². The van der Waals surface area contributed by atoms with Gasteiger partial charge in [0.1, 0.15) is 5.75 Å². The predicted octanol–water partition coefficient (Wildman–Crippen LogP) is 2.57. The molecule has 1 aromatic carbocycles. The second-order valence-electron chi connectivity index (χ2n) is 4.71. The number of carbonyl (C=O) groups is 1. The van der Waals surface area contributed by atoms with Gasteiger partial charge in [-0.05, 0) is 46.0 Å². The highest BCUT2D eigenvalue weighted by molar-refractivity contribution is 9.10. The van der Waals surface area contributed by atoms with E-state index in [4.69, 9.17) is 4.74 Å². The van der Waals surface area contributed by atoms with Crippen LogP contribution in [0, 0.1) is 0 Å². The molecule has 5 heteroatoms. The molecule has 0 fully saturated rings. The Morgan fingerprint density at radius 2 is 2.05 bits per heavy atom. The summed E-state index contributed by atoms with van der Waals surface area (Å²) in [6.45, 7) is 6.46. The van der Waals surface area contributed by atoms with Crippen LogP contribution in [0.25, 0.3) is 0 Å². The van der Waals surface area contributed by atoms with Gasteiger partial charge in [0, 0.05) is 17.1 Å². The lowest BCUT2D eigenvalue weighted by Crippen LogP contribution is -2.37. The summed E-state index contributed by atoms with van der Waals surface area (Å²) in [7, 11) is 1.86. The summed E-state index contributed by atoms with van der Waals surface area (Å²) >= 11 is 3.39. The number of ether oxygens (including phenoxy) is 1. The molecule has 19 heavy (non-hydrogen) atoms. The fourth-order valence-electron chi connectivity index (χ4n) is 1.48. The largest absolute Gasteiger partial charge is 0.490 e. The Labute approximate surface area is 123 Å². The van der Waals surface area contributed by atoms with Crippen LogP contribution in [-0.2, 0) is 0 Å². The van der Waals surface area contributed by atoms with E-state index in [-0.39, 0.29) is 18.1 Å². The van der Waals surface area contributed by atoms with E-state index in [2.05, 4.69) is 26.6 Å². The average molecular weight is 329 g/mol. The zero-order chi connectivity index (χ0) is 14.4. The van der Waals surface area contributed by atoms with Crippen molar-refractivity contribution in [3.05, 3.63) is 28.2 Å². The molecule has 0 heterocycles. The van der Waals surface area contributed by atoms with Gasteiger partial charge in [-0.2, -0.15) is 0 Å². The molecule has 0 saturated heterocycles. The smallest absolute Gasteiger partial charge is 0.255 e. The van der Waals surface area contributed by atoms with E-state index < -0.39 is 0 Å². The molecule has 0 aliphatic rings. The molecule has 0 aliphatic heterocycles. The molecule has 0 spiro atoms. The van der Waals surface area contributed by atoms with E-state index in [0.717, 1.165) is 4.47 Å². The van der Waals surface area contributed by atoms with E-state index in [9.17, 15) is 4.79 Å². The van der Waals surface area contributed by atoms with Crippen LogP contribution in [0.4, 0.5) is 0 Å². The van der Waals surface area contributed by atoms with Crippen molar-refractivity contribution in [2.24, 2.45) is 0 Å². The van der Waals surface area contributed by atoms with Gasteiger partial charge in [0.2, 0.25) is 0 Å². The molecule has 2 N–H and O–H groups in total. The standard InChI is InChI=1S/C14H21BrN2O2/c1-9(2)19-13-7-11(15)5-6-12(13)14(18)17-8-10(3)16-4/h5-7,9-10,16H,8H2,1-4H3,(H,17,18). The number of carbonyl (C=O) groups excluding carboxylic acids is 1. The Hall–Kier alpha value is -1.07. The fourth-order valence-corrected chi connectivity index (χ4v) is 1.82. The van der Waals surface area contributed by atoms with Crippen LogP contribution in [0.15, 0.2) is 22.7 Å². The number of benzene rings is 1. The first kappa shape index (κ1) is 16.0. The number of hydrogen-bond donors (Lipinski definition) is 2. The summed E-state index contributed by atoms with van der Waals surface area (Å²) in [6.07, 6.45) is 0.0251. The normalized spacial score (nSPS) is 12.3. The number of halogens is 1. The topological polar surface area (TPSA) is 50.4 Å². The van der Waals surface area contributed by atoms with Crippen molar-refractivity contribution in [1.29, 1.82) is 0 Å². The minimum atomic E-state index is -0.120. The van der Waals surface area contributed by atoms with E-state index in [1.165, 1.54) is 0 Å². The number of rotatable bonds is 6. The van der Waals surface area contributed by atoms with Gasteiger partial charge in [0.25, 0.3) is 5.91 Å². The molecule has 1 aromatic rings. The van der Waals surface area contributed by atoms with Crippen LogP contribution in [0.5, 0.6) is 5.75 Å². The maximum atomic E-state index is 12.1. The first-order valence-corrected chi connectivity index (χ1v) is 7.15. The summed E-state index contributed by atoms with van der Waals surface area (Å²) in [6, 6.07) is 5.65. The van der Waals surface area contributed by atoms with Crippen molar-refractivity contribution >= 4 is 21.8 Å². The summed E-state index contributed by atoms with van der Waals surface area (Å²) in [4.78, 5) is 12.1. The number of nitrogens with one attached hydrogen (secondary N) is 2. The fraction of sp³-hybridized carbons (Fsp3) is 0.500. The lowest BCUT2D eigenvalue weighted by atomic mass is 10.2. The second-order valence-corrected chi connectivity index (χ2v) is 5.62. The van der Waals surface area contributed by atoms with Crippen LogP contribution >= 0.6 is 15.9 Å². The van der Waals surface area contributed by atoms with Crippen molar-refractivity contribution in [2.75, 3.05) is 13.6 Å². The highest BCUT2D eigenvalue weighted by Gasteiger charge is 2.14. The minimum Gasteiger partial charge on any atom is -0.490 e. The third kappa shape index (κ3) is 5.20. The van der Waals surface area contributed by atoms with Gasteiger partial charge in [-0.1, -0.05) is 15.9 Å². The highest BCUT2D eigenvalue weighted by Crippen LogP contribution is 2.24. The Bertz CT molecular complexity index is 435. The van der Waals surface area contributed by atoms with Gasteiger partial charge in [-0.15, -0.1) is 0 Å². The van der Waals surface area contributed by atoms with Crippen molar-refractivity contribution in [3.8, 4) is 5.75 Å². The van der Waals surface area contributed by atoms with Crippen molar-refractivity contribution in [1.82, 2.24) is 10.6 Å². The molecular formula is C14H21BrN2O2. The van der Waals surface area contributed by atoms with E-state index in [1.807, 2.05) is 40.0 Å². The molecule has 0 radical (unpaired) electrons. The first-order chi connectivity index (χ1) is 8.93. The average Bonchev–Trinajstić information content (AvgIpc) is 2.35. The lowest BCUT2D eigenvalue weighted by molar-refractivity contribution is 0.0944. The van der Waals surface area contributed by atoms with E-state index in [0.29, 0.717) is 17.9 Å². The molecule has 1 unspecified atom stereocenters. The maximum Gasteiger partial charge on any atom is 0.255 e. The summed E-state index contributed by atoms with van der Waals surface area (Å²) in [5, 5.41) is 5.96. The zero-order valence-electron chi connectivity index (χ0n) is 11.8. The van der Waals surface area contributed by atoms with Crippen molar-refractivity contribution in [2.45, 2.75) is 32.9 Å². The molecule has 0 saturated carbocycles. The van der Waals surface area contributed by atoms with Gasteiger partial charge >= 0.3 is 0 Å². The quantitative estimate of drug-likeness (QED) is 0.843. The Balaban J connectivity index is 2.83. The van der Waals surface area contributed by atoms with Crippen molar-refractivity contribution < 1.29 is 9.53 Å². The van der Waals surface area contributed by atoms with Crippen LogP contribution in [0.3, 0.4) is 0 Å². The molecule has 106 valence electrons. The maximum absolute atomic E-state index is 12.1. The molecule has 4 nitrogen and oxygen atoms in total. The molecule has 1 amide bonds. The summed E-state index contributed by atoms with van der Waals surface area (Å²) < 4.78 is 6.57. The monoisotopic (exact) mass is 328 g/mol. The van der Waals surface area contributed by atoms with Crippen LogP contribution in [-0.4, -0.2) is 31.6 Å². The van der Waals surface area contributed by atoms with Crippen molar-refractivity contribution in [3.63, 3.8) is 0 Å². The predicted molar refractivity (Wildman–Crippen MR) is 80.8 cm³/mol. The third-order valence-corrected chi connectivity index (χ3v) is 3.11. The van der Waals surface area contributed by atoms with E-state index >= 15 is 0 Å². The third-order valence-electron chi connectivity index (χ3n) is 2.61. The number of likely N-dealkylation sites (N-methyl/N-ethyl adjacent to an activating group) is 1. The summed E-state index contributed by atoms with van der Waals surface area (Å²) in [5.74, 6) is 0.476. The number of hydrogen-bond acceptors (Lipinski definition) is 3. The SMILES string of the molecule is CNC(C)CNC(=O)c1ccc(Br)cc1OC(C)C. The first-order valence-electron chi connectivity index (χ1n) is 6.35. The number of amides is 1. The molecule has 1 rings (SSSR count). The molecule has 0 bridgehead atoms. The highest BCUT2D eigenvalue weighted by atomic mass is 79.9. The lowest BCUT2D eigenvalue weighted by Gasteiger charge is -2.16. The Morgan fingerprint density at radius 1 is 1.37 bits per heavy atom. The van der Waals surface area contributed by atoms with Crippen LogP contribution in [0.1, 0.15) is 31.1 Å². The van der Waals surface area contributed by atoms with Gasteiger partial charge in [0.15, 0.2) is 0 Å².